The Morgan fingerprint density at radius 3 is 1.67 bits per heavy atom. The van der Waals surface area contributed by atoms with Crippen LogP contribution in [0.1, 0.15) is 44.6 Å². The van der Waals surface area contributed by atoms with Crippen molar-refractivity contribution >= 4 is 0 Å². The summed E-state index contributed by atoms with van der Waals surface area (Å²) in [6, 6.07) is 24.6. The highest BCUT2D eigenvalue weighted by Gasteiger charge is 2.21. The summed E-state index contributed by atoms with van der Waals surface area (Å²) in [6.07, 6.45) is 4.47. The van der Waals surface area contributed by atoms with E-state index in [0.717, 1.165) is 23.6 Å². The highest BCUT2D eigenvalue weighted by molar-refractivity contribution is 5.70. The zero-order chi connectivity index (χ0) is 23.5. The van der Waals surface area contributed by atoms with Gasteiger partial charge < -0.3 is 4.74 Å². The van der Waals surface area contributed by atoms with E-state index in [2.05, 4.69) is 55.5 Å². The lowest BCUT2D eigenvalue weighted by Crippen LogP contribution is -2.02. The molecule has 0 amide bonds. The third-order valence-electron chi connectivity index (χ3n) is 5.58. The van der Waals surface area contributed by atoms with Crippen LogP contribution >= 0.6 is 0 Å². The molecule has 0 atom stereocenters. The third kappa shape index (κ3) is 8.45. The van der Waals surface area contributed by atoms with Crippen LogP contribution in [0.2, 0.25) is 0 Å². The Morgan fingerprint density at radius 1 is 0.667 bits per heavy atom. The van der Waals surface area contributed by atoms with Gasteiger partial charge >= 0.3 is 6.18 Å². The Balaban J connectivity index is 1.54. The van der Waals surface area contributed by atoms with Crippen molar-refractivity contribution in [3.05, 3.63) is 90.5 Å². The maximum atomic E-state index is 12.1. The van der Waals surface area contributed by atoms with Gasteiger partial charge in [-0.15, -0.1) is 0 Å². The van der Waals surface area contributed by atoms with E-state index < -0.39 is 6.18 Å². The quantitative estimate of drug-likeness (QED) is 0.208. The fraction of sp³-hybridized carbons (Fsp3) is 0.310. The van der Waals surface area contributed by atoms with Gasteiger partial charge in [0.2, 0.25) is 0 Å². The van der Waals surface area contributed by atoms with Crippen molar-refractivity contribution in [3.63, 3.8) is 0 Å². The number of hydrogen-bond donors (Lipinski definition) is 0. The van der Waals surface area contributed by atoms with Crippen molar-refractivity contribution in [2.45, 2.75) is 51.6 Å². The molecular formula is C29H31F3O. The Hall–Kier alpha value is -3.01. The van der Waals surface area contributed by atoms with E-state index >= 15 is 0 Å². The molecule has 0 aliphatic heterocycles. The molecule has 174 valence electrons. The summed E-state index contributed by atoms with van der Waals surface area (Å²) in [7, 11) is 0. The van der Waals surface area contributed by atoms with Gasteiger partial charge in [-0.25, -0.2) is 0 Å². The number of ether oxygens (including phenoxy) is 1. The molecule has 0 aliphatic rings. The number of rotatable bonds is 11. The molecule has 0 unspecified atom stereocenters. The second-order valence-electron chi connectivity index (χ2n) is 8.22. The molecule has 3 rings (SSSR count). The topological polar surface area (TPSA) is 9.23 Å². The first-order chi connectivity index (χ1) is 15.9. The second-order valence-corrected chi connectivity index (χ2v) is 8.22. The monoisotopic (exact) mass is 452 g/mol. The summed E-state index contributed by atoms with van der Waals surface area (Å²) < 4.78 is 41.7. The van der Waals surface area contributed by atoms with E-state index in [1.807, 2.05) is 12.1 Å². The first-order valence-electron chi connectivity index (χ1n) is 11.6. The second kappa shape index (κ2) is 12.3. The Bertz CT molecular complexity index is 985. The van der Waals surface area contributed by atoms with E-state index in [0.29, 0.717) is 5.75 Å². The Morgan fingerprint density at radius 2 is 1.15 bits per heavy atom. The summed E-state index contributed by atoms with van der Waals surface area (Å²) in [5, 5.41) is 0. The van der Waals surface area contributed by atoms with Crippen LogP contribution in [-0.4, -0.2) is 12.8 Å². The molecule has 0 saturated carbocycles. The number of unbranched alkanes of at least 4 members (excludes halogenated alkanes) is 4. The molecule has 33 heavy (non-hydrogen) atoms. The van der Waals surface area contributed by atoms with E-state index in [4.69, 9.17) is 4.74 Å². The molecule has 3 aromatic carbocycles. The van der Waals surface area contributed by atoms with Crippen LogP contribution in [0.5, 0.6) is 5.75 Å². The first kappa shape index (κ1) is 24.6. The molecule has 4 heteroatoms. The average molecular weight is 453 g/mol. The van der Waals surface area contributed by atoms with E-state index in [1.165, 1.54) is 48.8 Å². The summed E-state index contributed by atoms with van der Waals surface area (Å²) in [5.41, 5.74) is 5.86. The number of aryl methyl sites for hydroxylation is 1. The molecular weight excluding hydrogens is 421 g/mol. The van der Waals surface area contributed by atoms with Crippen molar-refractivity contribution in [2.24, 2.45) is 0 Å². The van der Waals surface area contributed by atoms with E-state index in [-0.39, 0.29) is 12.7 Å². The molecule has 0 aliphatic carbocycles. The van der Waals surface area contributed by atoms with Gasteiger partial charge in [0.25, 0.3) is 0 Å². The van der Waals surface area contributed by atoms with Gasteiger partial charge in [0.1, 0.15) is 12.4 Å². The van der Waals surface area contributed by atoms with Crippen LogP contribution in [0.25, 0.3) is 22.3 Å². The normalized spacial score (nSPS) is 11.8. The standard InChI is InChI=1S/C29H31F3O/c1-2-3-4-5-6-8-23-9-11-24(12-10-23)25-13-15-26(16-14-25)27-17-19-28(20-18-27)33-22-7-21-29(30,31)32/h7,9-21H,2-6,8,22H2,1H3/b21-7+. The number of benzene rings is 3. The summed E-state index contributed by atoms with van der Waals surface area (Å²) in [5.74, 6) is 0.535. The molecule has 1 nitrogen and oxygen atoms in total. The van der Waals surface area contributed by atoms with Crippen molar-refractivity contribution in [3.8, 4) is 28.0 Å². The molecule has 0 saturated heterocycles. The Labute approximate surface area is 194 Å². The zero-order valence-corrected chi connectivity index (χ0v) is 19.1. The van der Waals surface area contributed by atoms with Crippen LogP contribution < -0.4 is 4.74 Å². The maximum Gasteiger partial charge on any atom is 0.409 e. The van der Waals surface area contributed by atoms with Crippen LogP contribution in [0.4, 0.5) is 13.2 Å². The van der Waals surface area contributed by atoms with E-state index in [9.17, 15) is 13.2 Å². The van der Waals surface area contributed by atoms with Crippen molar-refractivity contribution in [1.29, 1.82) is 0 Å². The van der Waals surface area contributed by atoms with Gasteiger partial charge in [0, 0.05) is 6.08 Å². The van der Waals surface area contributed by atoms with Gasteiger partial charge in [-0.05, 0) is 58.9 Å². The van der Waals surface area contributed by atoms with Gasteiger partial charge in [0.15, 0.2) is 0 Å². The fourth-order valence-corrected chi connectivity index (χ4v) is 3.72. The molecule has 0 N–H and O–H groups in total. The largest absolute Gasteiger partial charge is 0.490 e. The van der Waals surface area contributed by atoms with Gasteiger partial charge in [-0.2, -0.15) is 13.2 Å². The lowest BCUT2D eigenvalue weighted by molar-refractivity contribution is -0.0801. The molecule has 0 bridgehead atoms. The molecule has 0 spiro atoms. The summed E-state index contributed by atoms with van der Waals surface area (Å²) >= 11 is 0. The van der Waals surface area contributed by atoms with Crippen LogP contribution in [0.3, 0.4) is 0 Å². The van der Waals surface area contributed by atoms with Crippen molar-refractivity contribution in [1.82, 2.24) is 0 Å². The lowest BCUT2D eigenvalue weighted by atomic mass is 9.98. The van der Waals surface area contributed by atoms with Crippen molar-refractivity contribution in [2.75, 3.05) is 6.61 Å². The SMILES string of the molecule is CCCCCCCc1ccc(-c2ccc(-c3ccc(OC/C=C/C(F)(F)F)cc3)cc2)cc1. The number of alkyl halides is 3. The molecule has 0 aromatic heterocycles. The summed E-state index contributed by atoms with van der Waals surface area (Å²) in [4.78, 5) is 0. The van der Waals surface area contributed by atoms with Gasteiger partial charge in [-0.3, -0.25) is 0 Å². The first-order valence-corrected chi connectivity index (χ1v) is 11.6. The van der Waals surface area contributed by atoms with Crippen LogP contribution in [-0.2, 0) is 6.42 Å². The zero-order valence-electron chi connectivity index (χ0n) is 19.1. The minimum Gasteiger partial charge on any atom is -0.490 e. The number of allylic oxidation sites excluding steroid dienone is 1. The van der Waals surface area contributed by atoms with E-state index in [1.54, 1.807) is 12.1 Å². The van der Waals surface area contributed by atoms with Crippen LogP contribution in [0, 0.1) is 0 Å². The smallest absolute Gasteiger partial charge is 0.409 e. The molecule has 0 fully saturated rings. The lowest BCUT2D eigenvalue weighted by Gasteiger charge is -2.08. The highest BCUT2D eigenvalue weighted by Crippen LogP contribution is 2.27. The van der Waals surface area contributed by atoms with Gasteiger partial charge in [-0.1, -0.05) is 93.3 Å². The van der Waals surface area contributed by atoms with Crippen LogP contribution in [0.15, 0.2) is 84.9 Å². The predicted molar refractivity (Wildman–Crippen MR) is 130 cm³/mol. The maximum absolute atomic E-state index is 12.1. The molecule has 3 aromatic rings. The third-order valence-corrected chi connectivity index (χ3v) is 5.58. The minimum absolute atomic E-state index is 0.120. The Kier molecular flexibility index (Phi) is 9.17. The molecule has 0 radical (unpaired) electrons. The van der Waals surface area contributed by atoms with Gasteiger partial charge in [0.05, 0.1) is 0 Å². The minimum atomic E-state index is -4.31. The fourth-order valence-electron chi connectivity index (χ4n) is 3.72. The van der Waals surface area contributed by atoms with Crippen molar-refractivity contribution < 1.29 is 17.9 Å². The average Bonchev–Trinajstić information content (AvgIpc) is 2.82. The summed E-state index contributed by atoms with van der Waals surface area (Å²) in [6.45, 7) is 2.12. The predicted octanol–water partition coefficient (Wildman–Crippen LogP) is 9.03. The number of hydrogen-bond acceptors (Lipinski definition) is 1. The highest BCUT2D eigenvalue weighted by atomic mass is 19.4. The molecule has 0 heterocycles. The number of halogens is 3.